The highest BCUT2D eigenvalue weighted by Gasteiger charge is 2.51. The molecule has 2 fully saturated rings. The molecule has 0 radical (unpaired) electrons. The number of hydrogen-bond donors (Lipinski definition) is 0. The number of benzene rings is 1. The van der Waals surface area contributed by atoms with E-state index in [1.165, 1.54) is 12.1 Å². The molecular formula is C16H22FNO3S. The monoisotopic (exact) mass is 327 g/mol. The molecule has 0 spiro atoms. The molecule has 1 heterocycles. The summed E-state index contributed by atoms with van der Waals surface area (Å²) in [6, 6.07) is 5.86. The molecule has 6 heteroatoms. The van der Waals surface area contributed by atoms with Gasteiger partial charge in [0.1, 0.15) is 18.2 Å². The van der Waals surface area contributed by atoms with E-state index in [2.05, 4.69) is 0 Å². The lowest BCUT2D eigenvalue weighted by atomic mass is 10.0. The van der Waals surface area contributed by atoms with Gasteiger partial charge < -0.3 is 4.74 Å². The fourth-order valence-corrected chi connectivity index (χ4v) is 5.32. The molecule has 1 aromatic rings. The molecule has 3 atom stereocenters. The van der Waals surface area contributed by atoms with Crippen LogP contribution in [0.5, 0.6) is 5.75 Å². The molecule has 0 unspecified atom stereocenters. The molecule has 1 aliphatic carbocycles. The van der Waals surface area contributed by atoms with Crippen LogP contribution in [0.1, 0.15) is 33.1 Å². The maximum Gasteiger partial charge on any atom is 0.217 e. The highest BCUT2D eigenvalue weighted by Crippen LogP contribution is 2.44. The van der Waals surface area contributed by atoms with Crippen LogP contribution in [0.15, 0.2) is 24.3 Å². The molecule has 122 valence electrons. The van der Waals surface area contributed by atoms with Crippen molar-refractivity contribution in [2.75, 3.05) is 6.61 Å². The predicted octanol–water partition coefficient (Wildman–Crippen LogP) is 2.80. The Morgan fingerprint density at radius 2 is 1.95 bits per heavy atom. The summed E-state index contributed by atoms with van der Waals surface area (Å²) >= 11 is 0. The molecule has 4 nitrogen and oxygen atoms in total. The molecule has 0 aromatic heterocycles. The summed E-state index contributed by atoms with van der Waals surface area (Å²) in [5, 5.41) is -0.417. The number of rotatable bonds is 5. The third-order valence-corrected chi connectivity index (χ3v) is 7.15. The molecule has 22 heavy (non-hydrogen) atoms. The van der Waals surface area contributed by atoms with Crippen molar-refractivity contribution in [1.82, 2.24) is 4.31 Å². The average Bonchev–Trinajstić information content (AvgIpc) is 3.07. The molecule has 2 bridgehead atoms. The van der Waals surface area contributed by atoms with Gasteiger partial charge in [-0.2, -0.15) is 4.31 Å². The van der Waals surface area contributed by atoms with Crippen molar-refractivity contribution in [3.05, 3.63) is 30.1 Å². The fourth-order valence-electron chi connectivity index (χ4n) is 3.61. The number of fused-ring (bicyclic) bond motifs is 2. The normalized spacial score (nSPS) is 28.5. The summed E-state index contributed by atoms with van der Waals surface area (Å²) in [6.07, 6.45) is 2.94. The molecule has 0 N–H and O–H groups in total. The van der Waals surface area contributed by atoms with Crippen molar-refractivity contribution in [1.29, 1.82) is 0 Å². The zero-order valence-electron chi connectivity index (χ0n) is 12.9. The van der Waals surface area contributed by atoms with Gasteiger partial charge >= 0.3 is 0 Å². The van der Waals surface area contributed by atoms with Crippen molar-refractivity contribution in [2.45, 2.75) is 50.4 Å². The lowest BCUT2D eigenvalue weighted by molar-refractivity contribution is 0.161. The van der Waals surface area contributed by atoms with E-state index >= 15 is 0 Å². The highest BCUT2D eigenvalue weighted by molar-refractivity contribution is 7.89. The van der Waals surface area contributed by atoms with E-state index < -0.39 is 15.3 Å². The van der Waals surface area contributed by atoms with E-state index in [-0.39, 0.29) is 17.9 Å². The van der Waals surface area contributed by atoms with E-state index in [0.29, 0.717) is 18.3 Å². The topological polar surface area (TPSA) is 46.6 Å². The minimum Gasteiger partial charge on any atom is -0.492 e. The highest BCUT2D eigenvalue weighted by atomic mass is 32.2. The maximum atomic E-state index is 12.9. The number of sulfonamides is 1. The first kappa shape index (κ1) is 15.7. The van der Waals surface area contributed by atoms with Crippen molar-refractivity contribution in [3.63, 3.8) is 0 Å². The van der Waals surface area contributed by atoms with Gasteiger partial charge in [0.05, 0.1) is 11.3 Å². The molecular weight excluding hydrogens is 305 g/mol. The largest absolute Gasteiger partial charge is 0.492 e. The second-order valence-electron chi connectivity index (χ2n) is 6.48. The molecule has 1 saturated carbocycles. The minimum atomic E-state index is -3.27. The van der Waals surface area contributed by atoms with E-state index in [9.17, 15) is 12.8 Å². The van der Waals surface area contributed by atoms with E-state index in [1.807, 2.05) is 0 Å². The van der Waals surface area contributed by atoms with E-state index in [1.54, 1.807) is 30.3 Å². The summed E-state index contributed by atoms with van der Waals surface area (Å²) in [5.41, 5.74) is 0. The molecule has 0 amide bonds. The average molecular weight is 327 g/mol. The van der Waals surface area contributed by atoms with Crippen molar-refractivity contribution in [3.8, 4) is 5.75 Å². The quantitative estimate of drug-likeness (QED) is 0.835. The second kappa shape index (κ2) is 5.81. The predicted molar refractivity (Wildman–Crippen MR) is 82.7 cm³/mol. The van der Waals surface area contributed by atoms with Gasteiger partial charge in [-0.1, -0.05) is 0 Å². The Morgan fingerprint density at radius 1 is 1.27 bits per heavy atom. The fraction of sp³-hybridized carbons (Fsp3) is 0.625. The van der Waals surface area contributed by atoms with Crippen LogP contribution in [0.4, 0.5) is 4.39 Å². The number of piperidine rings is 1. The van der Waals surface area contributed by atoms with E-state index in [4.69, 9.17) is 4.74 Å². The third kappa shape index (κ3) is 2.74. The van der Waals surface area contributed by atoms with Crippen LogP contribution < -0.4 is 4.74 Å². The molecule has 2 aliphatic rings. The maximum absolute atomic E-state index is 12.9. The summed E-state index contributed by atoms with van der Waals surface area (Å²) in [6.45, 7) is 3.77. The molecule has 1 saturated heterocycles. The Bertz CT molecular complexity index is 629. The van der Waals surface area contributed by atoms with Crippen LogP contribution in [0.3, 0.4) is 0 Å². The lowest BCUT2D eigenvalue weighted by Gasteiger charge is -2.35. The van der Waals surface area contributed by atoms with E-state index in [0.717, 1.165) is 19.3 Å². The van der Waals surface area contributed by atoms with Crippen LogP contribution in [0.25, 0.3) is 0 Å². The standard InChI is InChI=1S/C16H22FNO3S/c1-11(2)22(19,20)18-14-6-3-12(9-14)16(18)10-21-15-7-4-13(17)5-8-15/h4-5,7-8,11-12,14,16H,3,6,9-10H2,1-2H3/t12-,14-,16+/m1/s1. The van der Waals surface area contributed by atoms with Gasteiger partial charge in [0.25, 0.3) is 0 Å². The summed E-state index contributed by atoms with van der Waals surface area (Å²) in [4.78, 5) is 0. The Balaban J connectivity index is 1.75. The second-order valence-corrected chi connectivity index (χ2v) is 8.88. The van der Waals surface area contributed by atoms with Crippen LogP contribution >= 0.6 is 0 Å². The smallest absolute Gasteiger partial charge is 0.217 e. The first-order valence-electron chi connectivity index (χ1n) is 7.80. The third-order valence-electron chi connectivity index (χ3n) is 4.80. The summed E-state index contributed by atoms with van der Waals surface area (Å²) in [7, 11) is -3.27. The van der Waals surface area contributed by atoms with Gasteiger partial charge in [-0.25, -0.2) is 12.8 Å². The molecule has 3 rings (SSSR count). The first-order chi connectivity index (χ1) is 10.4. The zero-order valence-corrected chi connectivity index (χ0v) is 13.7. The Labute approximate surface area is 131 Å². The number of halogens is 1. The number of ether oxygens (including phenoxy) is 1. The van der Waals surface area contributed by atoms with Crippen molar-refractivity contribution >= 4 is 10.0 Å². The molecule has 1 aliphatic heterocycles. The van der Waals surface area contributed by atoms with Crippen LogP contribution in [-0.4, -0.2) is 36.7 Å². The first-order valence-corrected chi connectivity index (χ1v) is 9.30. The zero-order chi connectivity index (χ0) is 15.9. The molecule has 1 aromatic carbocycles. The van der Waals surface area contributed by atoms with Crippen molar-refractivity contribution < 1.29 is 17.5 Å². The lowest BCUT2D eigenvalue weighted by Crippen LogP contribution is -2.50. The number of nitrogens with zero attached hydrogens (tertiary/aromatic N) is 1. The van der Waals surface area contributed by atoms with Gasteiger partial charge in [0.2, 0.25) is 10.0 Å². The SMILES string of the molecule is CC(C)S(=O)(=O)N1[C@@H]2CC[C@H](C2)[C@@H]1COc1ccc(F)cc1. The Kier molecular flexibility index (Phi) is 4.16. The van der Waals surface area contributed by atoms with Crippen LogP contribution in [-0.2, 0) is 10.0 Å². The van der Waals surface area contributed by atoms with Gasteiger partial charge in [-0.15, -0.1) is 0 Å². The van der Waals surface area contributed by atoms with Crippen molar-refractivity contribution in [2.24, 2.45) is 5.92 Å². The Morgan fingerprint density at radius 3 is 2.59 bits per heavy atom. The minimum absolute atomic E-state index is 0.101. The van der Waals surface area contributed by atoms with Crippen LogP contribution in [0.2, 0.25) is 0 Å². The summed E-state index contributed by atoms with van der Waals surface area (Å²) in [5.74, 6) is 0.640. The van der Waals surface area contributed by atoms with Crippen LogP contribution in [0, 0.1) is 11.7 Å². The van der Waals surface area contributed by atoms with Gasteiger partial charge in [-0.3, -0.25) is 0 Å². The number of hydrogen-bond acceptors (Lipinski definition) is 3. The summed E-state index contributed by atoms with van der Waals surface area (Å²) < 4.78 is 45.6. The van der Waals surface area contributed by atoms with Gasteiger partial charge in [-0.05, 0) is 63.3 Å². The Hall–Kier alpha value is -1.14. The van der Waals surface area contributed by atoms with Gasteiger partial charge in [0.15, 0.2) is 0 Å². The van der Waals surface area contributed by atoms with Gasteiger partial charge in [0, 0.05) is 6.04 Å².